The molecule has 9 heteroatoms. The predicted molar refractivity (Wildman–Crippen MR) is 131 cm³/mol. The number of aromatic nitrogens is 2. The van der Waals surface area contributed by atoms with Gasteiger partial charge < -0.3 is 20.2 Å². The molecule has 8 nitrogen and oxygen atoms in total. The van der Waals surface area contributed by atoms with Gasteiger partial charge in [-0.15, -0.1) is 0 Å². The van der Waals surface area contributed by atoms with E-state index < -0.39 is 11.9 Å². The standard InChI is InChI=1S/C27H25FN4O4/c28-19-9-7-17(8-10-19)16-29-27(35)32-23(18-4-1-2-5-18)15-22(31-32)21-14-20(11-12-24(21)33)30-26(34)25-6-3-13-36-25/h3,6-15,18,33H,1-2,4-5,16H2,(H,29,35)(H,30,34). The molecule has 1 saturated carbocycles. The Hall–Kier alpha value is -4.40. The molecule has 2 heterocycles. The van der Waals surface area contributed by atoms with E-state index in [0.717, 1.165) is 36.9 Å². The maximum atomic E-state index is 13.2. The minimum absolute atomic E-state index is 0.0275. The van der Waals surface area contributed by atoms with Gasteiger partial charge in [-0.1, -0.05) is 25.0 Å². The number of phenolic OH excluding ortho intramolecular Hbond substituents is 1. The van der Waals surface area contributed by atoms with Crippen LogP contribution in [0.4, 0.5) is 14.9 Å². The van der Waals surface area contributed by atoms with Gasteiger partial charge in [-0.25, -0.2) is 9.18 Å². The van der Waals surface area contributed by atoms with Crippen molar-refractivity contribution in [2.24, 2.45) is 0 Å². The number of halogens is 1. The topological polar surface area (TPSA) is 109 Å². The van der Waals surface area contributed by atoms with E-state index in [-0.39, 0.29) is 29.8 Å². The van der Waals surface area contributed by atoms with Gasteiger partial charge in [-0.05, 0) is 66.9 Å². The molecular formula is C27H25FN4O4. The molecule has 3 N–H and O–H groups in total. The third-order valence-corrected chi connectivity index (χ3v) is 6.34. The number of benzene rings is 2. The Labute approximate surface area is 206 Å². The van der Waals surface area contributed by atoms with Gasteiger partial charge >= 0.3 is 6.03 Å². The molecule has 0 aliphatic heterocycles. The van der Waals surface area contributed by atoms with Crippen molar-refractivity contribution in [1.29, 1.82) is 0 Å². The summed E-state index contributed by atoms with van der Waals surface area (Å²) in [5.74, 6) is -0.455. The van der Waals surface area contributed by atoms with Crippen LogP contribution in [-0.4, -0.2) is 26.8 Å². The van der Waals surface area contributed by atoms with E-state index in [1.54, 1.807) is 36.4 Å². The molecule has 1 aliphatic carbocycles. The lowest BCUT2D eigenvalue weighted by Crippen LogP contribution is -2.30. The molecule has 1 aliphatic rings. The summed E-state index contributed by atoms with van der Waals surface area (Å²) in [5, 5.41) is 20.7. The summed E-state index contributed by atoms with van der Waals surface area (Å²) in [5.41, 5.74) is 2.78. The van der Waals surface area contributed by atoms with Gasteiger partial charge in [0.1, 0.15) is 11.6 Å². The first kappa shape index (κ1) is 23.3. The minimum atomic E-state index is -0.422. The first-order valence-electron chi connectivity index (χ1n) is 11.8. The second-order valence-corrected chi connectivity index (χ2v) is 8.80. The Morgan fingerprint density at radius 1 is 1.08 bits per heavy atom. The fourth-order valence-electron chi connectivity index (χ4n) is 4.48. The molecule has 4 aromatic rings. The summed E-state index contributed by atoms with van der Waals surface area (Å²) in [6, 6.07) is 15.2. The number of nitrogens with one attached hydrogen (secondary N) is 2. The van der Waals surface area contributed by atoms with E-state index in [2.05, 4.69) is 15.7 Å². The number of carbonyl (C=O) groups is 2. The van der Waals surface area contributed by atoms with Crippen molar-refractivity contribution in [1.82, 2.24) is 15.1 Å². The van der Waals surface area contributed by atoms with Gasteiger partial charge in [-0.3, -0.25) is 4.79 Å². The average Bonchev–Trinajstić information content (AvgIpc) is 3.66. The summed E-state index contributed by atoms with van der Waals surface area (Å²) in [6.45, 7) is 0.220. The first-order chi connectivity index (χ1) is 17.5. The number of carbonyl (C=O) groups excluding carboxylic acids is 2. The predicted octanol–water partition coefficient (Wildman–Crippen LogP) is 5.66. The zero-order valence-corrected chi connectivity index (χ0v) is 19.4. The molecule has 0 bridgehead atoms. The minimum Gasteiger partial charge on any atom is -0.507 e. The van der Waals surface area contributed by atoms with Gasteiger partial charge in [0.05, 0.1) is 17.7 Å². The average molecular weight is 489 g/mol. The van der Waals surface area contributed by atoms with Gasteiger partial charge in [0, 0.05) is 23.7 Å². The Bertz CT molecular complexity index is 1370. The van der Waals surface area contributed by atoms with Crippen LogP contribution in [0, 0.1) is 5.82 Å². The number of amides is 2. The molecule has 2 aromatic heterocycles. The summed E-state index contributed by atoms with van der Waals surface area (Å²) >= 11 is 0. The number of aromatic hydroxyl groups is 1. The van der Waals surface area contributed by atoms with Gasteiger partial charge in [0.25, 0.3) is 5.91 Å². The van der Waals surface area contributed by atoms with Gasteiger partial charge in [0.15, 0.2) is 5.76 Å². The number of phenols is 1. The highest BCUT2D eigenvalue weighted by molar-refractivity contribution is 6.02. The number of hydrogen-bond donors (Lipinski definition) is 3. The fraction of sp³-hybridized carbons (Fsp3) is 0.222. The maximum Gasteiger partial charge on any atom is 0.342 e. The van der Waals surface area contributed by atoms with Crippen molar-refractivity contribution in [2.75, 3.05) is 5.32 Å². The smallest absolute Gasteiger partial charge is 0.342 e. The van der Waals surface area contributed by atoms with E-state index in [9.17, 15) is 19.1 Å². The molecule has 5 rings (SSSR count). The number of furan rings is 1. The highest BCUT2D eigenvalue weighted by Gasteiger charge is 2.26. The lowest BCUT2D eigenvalue weighted by Gasteiger charge is -2.12. The zero-order valence-electron chi connectivity index (χ0n) is 19.4. The zero-order chi connectivity index (χ0) is 25.1. The van der Waals surface area contributed by atoms with Crippen molar-refractivity contribution in [2.45, 2.75) is 38.1 Å². The van der Waals surface area contributed by atoms with Crippen LogP contribution in [0.3, 0.4) is 0 Å². The molecular weight excluding hydrogens is 463 g/mol. The largest absolute Gasteiger partial charge is 0.507 e. The Kier molecular flexibility index (Phi) is 6.53. The van der Waals surface area contributed by atoms with E-state index in [0.29, 0.717) is 16.9 Å². The molecule has 184 valence electrons. The van der Waals surface area contributed by atoms with Crippen molar-refractivity contribution in [3.63, 3.8) is 0 Å². The lowest BCUT2D eigenvalue weighted by atomic mass is 10.0. The molecule has 2 amide bonds. The quantitative estimate of drug-likeness (QED) is 0.304. The number of rotatable bonds is 6. The van der Waals surface area contributed by atoms with Crippen LogP contribution >= 0.6 is 0 Å². The second-order valence-electron chi connectivity index (χ2n) is 8.80. The first-order valence-corrected chi connectivity index (χ1v) is 11.8. The maximum absolute atomic E-state index is 13.2. The Morgan fingerprint density at radius 2 is 1.86 bits per heavy atom. The fourth-order valence-corrected chi connectivity index (χ4v) is 4.48. The normalized spacial score (nSPS) is 13.6. The Balaban J connectivity index is 1.42. The summed E-state index contributed by atoms with van der Waals surface area (Å²) in [4.78, 5) is 25.5. The van der Waals surface area contributed by atoms with Gasteiger partial charge in [-0.2, -0.15) is 9.78 Å². The summed E-state index contributed by atoms with van der Waals surface area (Å²) in [6.07, 6.45) is 5.45. The number of hydrogen-bond acceptors (Lipinski definition) is 5. The molecule has 0 radical (unpaired) electrons. The molecule has 0 unspecified atom stereocenters. The van der Waals surface area contributed by atoms with Crippen LogP contribution in [0.2, 0.25) is 0 Å². The van der Waals surface area contributed by atoms with Crippen LogP contribution in [0.25, 0.3) is 11.3 Å². The van der Waals surface area contributed by atoms with E-state index >= 15 is 0 Å². The molecule has 0 saturated heterocycles. The van der Waals surface area contributed by atoms with Crippen LogP contribution < -0.4 is 10.6 Å². The van der Waals surface area contributed by atoms with E-state index in [4.69, 9.17) is 4.42 Å². The summed E-state index contributed by atoms with van der Waals surface area (Å²) < 4.78 is 19.7. The molecule has 2 aromatic carbocycles. The summed E-state index contributed by atoms with van der Waals surface area (Å²) in [7, 11) is 0. The third-order valence-electron chi connectivity index (χ3n) is 6.34. The van der Waals surface area contributed by atoms with Crippen molar-refractivity contribution in [3.05, 3.63) is 89.8 Å². The molecule has 0 spiro atoms. The molecule has 0 atom stereocenters. The Morgan fingerprint density at radius 3 is 2.58 bits per heavy atom. The van der Waals surface area contributed by atoms with E-state index in [1.807, 2.05) is 6.07 Å². The molecule has 1 fully saturated rings. The third kappa shape index (κ3) is 5.00. The molecule has 36 heavy (non-hydrogen) atoms. The van der Waals surface area contributed by atoms with Crippen LogP contribution in [-0.2, 0) is 6.54 Å². The lowest BCUT2D eigenvalue weighted by molar-refractivity contribution is 0.0996. The van der Waals surface area contributed by atoms with E-state index in [1.165, 1.54) is 29.1 Å². The monoisotopic (exact) mass is 488 g/mol. The highest BCUT2D eigenvalue weighted by Crippen LogP contribution is 2.38. The van der Waals surface area contributed by atoms with Gasteiger partial charge in [0.2, 0.25) is 0 Å². The van der Waals surface area contributed by atoms with Crippen LogP contribution in [0.5, 0.6) is 5.75 Å². The van der Waals surface area contributed by atoms with Crippen molar-refractivity contribution >= 4 is 17.6 Å². The number of nitrogens with zero attached hydrogens (tertiary/aromatic N) is 2. The number of anilines is 1. The van der Waals surface area contributed by atoms with Crippen LogP contribution in [0.15, 0.2) is 71.3 Å². The SMILES string of the molecule is O=C(Nc1ccc(O)c(-c2cc(C3CCCC3)n(C(=O)NCc3ccc(F)cc3)n2)c1)c1ccco1. The second kappa shape index (κ2) is 10.1. The van der Waals surface area contributed by atoms with Crippen molar-refractivity contribution in [3.8, 4) is 17.0 Å². The van der Waals surface area contributed by atoms with Crippen LogP contribution in [0.1, 0.15) is 53.4 Å². The highest BCUT2D eigenvalue weighted by atomic mass is 19.1. The van der Waals surface area contributed by atoms with Crippen molar-refractivity contribution < 1.29 is 23.5 Å².